The van der Waals surface area contributed by atoms with Gasteiger partial charge in [0.2, 0.25) is 5.43 Å². The highest BCUT2D eigenvalue weighted by Gasteiger charge is 2.43. The topological polar surface area (TPSA) is 112 Å². The summed E-state index contributed by atoms with van der Waals surface area (Å²) in [5.41, 5.74) is -0.206. The molecule has 1 aromatic heterocycles. The highest BCUT2D eigenvalue weighted by atomic mass is 16.6. The Morgan fingerprint density at radius 2 is 2.05 bits per heavy atom. The van der Waals surface area contributed by atoms with E-state index in [1.54, 1.807) is 6.92 Å². The molecule has 1 aliphatic heterocycles. The van der Waals surface area contributed by atoms with Crippen LogP contribution in [0, 0.1) is 0 Å². The van der Waals surface area contributed by atoms with Crippen LogP contribution < -0.4 is 5.43 Å². The standard InChI is InChI=1S/C12H17NO6/c1-2-6-9(16)7(15)3-4-13(6)12-11(18)10(17)8(5-14)19-12/h3-4,8,10-12,14,16-18H,2,5H2,1H3/t8-,10+,11-,12-/m1/s1. The smallest absolute Gasteiger partial charge is 0.223 e. The first-order valence-electron chi connectivity index (χ1n) is 6.06. The van der Waals surface area contributed by atoms with Crippen molar-refractivity contribution in [3.05, 3.63) is 28.2 Å². The van der Waals surface area contributed by atoms with Crippen molar-refractivity contribution < 1.29 is 25.2 Å². The SMILES string of the molecule is CCc1c(O)c(=O)ccn1[C@@H]1O[C@H](CO)[C@H](O)[C@H]1O. The molecule has 106 valence electrons. The summed E-state index contributed by atoms with van der Waals surface area (Å²) in [5, 5.41) is 38.4. The Morgan fingerprint density at radius 3 is 2.58 bits per heavy atom. The van der Waals surface area contributed by atoms with E-state index in [9.17, 15) is 20.1 Å². The molecule has 4 N–H and O–H groups in total. The predicted octanol–water partition coefficient (Wildman–Crippen LogP) is -1.27. The first kappa shape index (κ1) is 14.0. The van der Waals surface area contributed by atoms with Gasteiger partial charge in [-0.05, 0) is 6.42 Å². The molecule has 2 rings (SSSR count). The number of hydrogen-bond acceptors (Lipinski definition) is 6. The van der Waals surface area contributed by atoms with Crippen LogP contribution in [0.4, 0.5) is 0 Å². The minimum atomic E-state index is -1.25. The highest BCUT2D eigenvalue weighted by Crippen LogP contribution is 2.31. The number of rotatable bonds is 3. The number of nitrogens with zero attached hydrogens (tertiary/aromatic N) is 1. The van der Waals surface area contributed by atoms with Crippen molar-refractivity contribution >= 4 is 0 Å². The quantitative estimate of drug-likeness (QED) is 0.545. The van der Waals surface area contributed by atoms with E-state index in [0.717, 1.165) is 6.07 Å². The van der Waals surface area contributed by atoms with Crippen molar-refractivity contribution in [2.24, 2.45) is 0 Å². The van der Waals surface area contributed by atoms with Crippen LogP contribution in [-0.4, -0.2) is 49.9 Å². The zero-order valence-corrected chi connectivity index (χ0v) is 10.4. The Labute approximate surface area is 109 Å². The monoisotopic (exact) mass is 271 g/mol. The van der Waals surface area contributed by atoms with Crippen LogP contribution in [0.2, 0.25) is 0 Å². The van der Waals surface area contributed by atoms with E-state index >= 15 is 0 Å². The summed E-state index contributed by atoms with van der Waals surface area (Å²) < 4.78 is 6.76. The molecule has 1 saturated heterocycles. The van der Waals surface area contributed by atoms with Gasteiger partial charge in [-0.15, -0.1) is 0 Å². The van der Waals surface area contributed by atoms with Gasteiger partial charge in [-0.3, -0.25) is 4.79 Å². The molecule has 1 aromatic rings. The lowest BCUT2D eigenvalue weighted by Crippen LogP contribution is -2.33. The van der Waals surface area contributed by atoms with Gasteiger partial charge < -0.3 is 29.7 Å². The molecule has 0 amide bonds. The van der Waals surface area contributed by atoms with Gasteiger partial charge in [0, 0.05) is 12.3 Å². The maximum Gasteiger partial charge on any atom is 0.223 e. The van der Waals surface area contributed by atoms with Crippen molar-refractivity contribution in [1.82, 2.24) is 4.57 Å². The maximum absolute atomic E-state index is 11.4. The lowest BCUT2D eigenvalue weighted by molar-refractivity contribution is -0.0543. The van der Waals surface area contributed by atoms with Crippen molar-refractivity contribution in [3.63, 3.8) is 0 Å². The minimum absolute atomic E-state index is 0.308. The Balaban J connectivity index is 2.43. The molecule has 0 aromatic carbocycles. The van der Waals surface area contributed by atoms with E-state index in [1.807, 2.05) is 0 Å². The van der Waals surface area contributed by atoms with Crippen LogP contribution in [0.25, 0.3) is 0 Å². The first-order chi connectivity index (χ1) is 9.01. The third-order valence-corrected chi connectivity index (χ3v) is 3.33. The van der Waals surface area contributed by atoms with Crippen LogP contribution in [0.5, 0.6) is 5.75 Å². The number of aliphatic hydroxyl groups excluding tert-OH is 3. The number of aliphatic hydroxyl groups is 3. The molecular formula is C12H17NO6. The van der Waals surface area contributed by atoms with Crippen LogP contribution in [0.15, 0.2) is 17.1 Å². The summed E-state index contributed by atoms with van der Waals surface area (Å²) in [6, 6.07) is 1.16. The average Bonchev–Trinajstić information content (AvgIpc) is 2.69. The summed E-state index contributed by atoms with van der Waals surface area (Å²) in [6.07, 6.45) is -2.57. The predicted molar refractivity (Wildman–Crippen MR) is 64.8 cm³/mol. The number of hydrogen-bond donors (Lipinski definition) is 4. The van der Waals surface area contributed by atoms with Crippen LogP contribution in [0.1, 0.15) is 18.8 Å². The summed E-state index contributed by atoms with van der Waals surface area (Å²) in [4.78, 5) is 11.4. The van der Waals surface area contributed by atoms with Gasteiger partial charge in [-0.25, -0.2) is 0 Å². The van der Waals surface area contributed by atoms with E-state index in [1.165, 1.54) is 10.8 Å². The third kappa shape index (κ3) is 2.25. The minimum Gasteiger partial charge on any atom is -0.503 e. The molecule has 1 fully saturated rings. The molecular weight excluding hydrogens is 254 g/mol. The third-order valence-electron chi connectivity index (χ3n) is 3.33. The molecule has 4 atom stereocenters. The molecule has 2 heterocycles. The summed E-state index contributed by atoms with van der Waals surface area (Å²) in [5.74, 6) is -0.400. The lowest BCUT2D eigenvalue weighted by Gasteiger charge is -2.22. The second kappa shape index (κ2) is 5.30. The van der Waals surface area contributed by atoms with Crippen LogP contribution >= 0.6 is 0 Å². The molecule has 0 unspecified atom stereocenters. The van der Waals surface area contributed by atoms with Gasteiger partial charge in [0.25, 0.3) is 0 Å². The first-order valence-corrected chi connectivity index (χ1v) is 6.06. The molecule has 0 bridgehead atoms. The summed E-state index contributed by atoms with van der Waals surface area (Å²) in [7, 11) is 0. The van der Waals surface area contributed by atoms with Crippen molar-refractivity contribution in [3.8, 4) is 5.75 Å². The lowest BCUT2D eigenvalue weighted by atomic mass is 10.1. The Kier molecular flexibility index (Phi) is 3.91. The average molecular weight is 271 g/mol. The number of aromatic nitrogens is 1. The van der Waals surface area contributed by atoms with Crippen LogP contribution in [0.3, 0.4) is 0 Å². The fourth-order valence-electron chi connectivity index (χ4n) is 2.28. The molecule has 7 heteroatoms. The fraction of sp³-hybridized carbons (Fsp3) is 0.583. The van der Waals surface area contributed by atoms with Gasteiger partial charge in [0.05, 0.1) is 12.3 Å². The van der Waals surface area contributed by atoms with Gasteiger partial charge in [-0.1, -0.05) is 6.92 Å². The van der Waals surface area contributed by atoms with E-state index in [0.29, 0.717) is 12.1 Å². The zero-order valence-electron chi connectivity index (χ0n) is 10.4. The second-order valence-electron chi connectivity index (χ2n) is 4.46. The summed E-state index contributed by atoms with van der Waals surface area (Å²) in [6.45, 7) is 1.31. The summed E-state index contributed by atoms with van der Waals surface area (Å²) >= 11 is 0. The van der Waals surface area contributed by atoms with Crippen molar-refractivity contribution in [2.75, 3.05) is 6.61 Å². The molecule has 1 aliphatic rings. The molecule has 0 saturated carbocycles. The van der Waals surface area contributed by atoms with Crippen molar-refractivity contribution in [2.45, 2.75) is 37.9 Å². The molecule has 0 aliphatic carbocycles. The fourth-order valence-corrected chi connectivity index (χ4v) is 2.28. The zero-order chi connectivity index (χ0) is 14.2. The number of ether oxygens (including phenoxy) is 1. The Bertz CT molecular complexity index is 513. The second-order valence-corrected chi connectivity index (χ2v) is 4.46. The Morgan fingerprint density at radius 1 is 1.37 bits per heavy atom. The molecule has 19 heavy (non-hydrogen) atoms. The van der Waals surface area contributed by atoms with Crippen LogP contribution in [-0.2, 0) is 11.2 Å². The van der Waals surface area contributed by atoms with Gasteiger partial charge in [-0.2, -0.15) is 0 Å². The van der Waals surface area contributed by atoms with Gasteiger partial charge >= 0.3 is 0 Å². The highest BCUT2D eigenvalue weighted by molar-refractivity contribution is 5.27. The van der Waals surface area contributed by atoms with Gasteiger partial charge in [0.1, 0.15) is 18.3 Å². The van der Waals surface area contributed by atoms with E-state index < -0.39 is 42.3 Å². The number of aromatic hydroxyl groups is 1. The maximum atomic E-state index is 11.4. The molecule has 7 nitrogen and oxygen atoms in total. The van der Waals surface area contributed by atoms with E-state index in [-0.39, 0.29) is 0 Å². The molecule has 0 spiro atoms. The van der Waals surface area contributed by atoms with E-state index in [4.69, 9.17) is 9.84 Å². The normalized spacial score (nSPS) is 30.7. The van der Waals surface area contributed by atoms with Gasteiger partial charge in [0.15, 0.2) is 12.0 Å². The largest absolute Gasteiger partial charge is 0.503 e. The van der Waals surface area contributed by atoms with E-state index in [2.05, 4.69) is 0 Å². The number of pyridine rings is 1. The Hall–Kier alpha value is -1.41. The molecule has 0 radical (unpaired) electrons. The van der Waals surface area contributed by atoms with Crippen molar-refractivity contribution in [1.29, 1.82) is 0 Å².